The molecule has 0 aliphatic heterocycles. The van der Waals surface area contributed by atoms with Crippen molar-refractivity contribution in [2.45, 2.75) is 52.0 Å². The van der Waals surface area contributed by atoms with Crippen molar-refractivity contribution < 1.29 is 0 Å². The fraction of sp³-hybridized carbons (Fsp3) is 0.769. The van der Waals surface area contributed by atoms with Gasteiger partial charge in [-0.15, -0.1) is 0 Å². The molecule has 1 aromatic rings. The maximum Gasteiger partial charge on any atom is 0.0849 e. The Bertz CT molecular complexity index is 347. The van der Waals surface area contributed by atoms with E-state index in [1.54, 1.807) is 0 Å². The smallest absolute Gasteiger partial charge is 0.0849 e. The van der Waals surface area contributed by atoms with Crippen LogP contribution in [-0.2, 0) is 19.9 Å². The largest absolute Gasteiger partial charge is 0.317 e. The molecule has 1 heterocycles. The molecule has 4 heteroatoms. The van der Waals surface area contributed by atoms with Crippen LogP contribution in [-0.4, -0.2) is 22.9 Å². The van der Waals surface area contributed by atoms with Gasteiger partial charge in [0.15, 0.2) is 0 Å². The molecule has 3 nitrogen and oxygen atoms in total. The second-order valence-electron chi connectivity index (χ2n) is 4.50. The van der Waals surface area contributed by atoms with Gasteiger partial charge in [0.1, 0.15) is 0 Å². The predicted molar refractivity (Wildman–Crippen MR) is 73.7 cm³/mol. The summed E-state index contributed by atoms with van der Waals surface area (Å²) in [6.45, 7) is 4.31. The Balaban J connectivity index is 2.65. The lowest BCUT2D eigenvalue weighted by atomic mass is 10.0. The molecule has 0 saturated heterocycles. The highest BCUT2D eigenvalue weighted by Crippen LogP contribution is 2.22. The van der Waals surface area contributed by atoms with Gasteiger partial charge >= 0.3 is 0 Å². The zero-order chi connectivity index (χ0) is 12.8. The Kier molecular flexibility index (Phi) is 6.00. The quantitative estimate of drug-likeness (QED) is 0.814. The number of halogens is 1. The molecule has 98 valence electrons. The van der Waals surface area contributed by atoms with Gasteiger partial charge in [-0.1, -0.05) is 31.9 Å². The number of hydrogen-bond acceptors (Lipinski definition) is 2. The summed E-state index contributed by atoms with van der Waals surface area (Å²) >= 11 is 6.33. The Hall–Kier alpha value is -0.540. The number of nitrogens with one attached hydrogen (secondary N) is 1. The average Bonchev–Trinajstić information content (AvgIpc) is 2.60. The molecule has 1 atom stereocenters. The minimum Gasteiger partial charge on any atom is -0.317 e. The molecule has 0 spiro atoms. The first-order chi connectivity index (χ1) is 8.13. The molecular weight excluding hydrogens is 234 g/mol. The van der Waals surface area contributed by atoms with Crippen LogP contribution in [0.25, 0.3) is 0 Å². The van der Waals surface area contributed by atoms with Crippen LogP contribution in [0.1, 0.15) is 44.5 Å². The lowest BCUT2D eigenvalue weighted by Gasteiger charge is -2.15. The minimum atomic E-state index is 0.580. The van der Waals surface area contributed by atoms with Gasteiger partial charge in [-0.25, -0.2) is 0 Å². The highest BCUT2D eigenvalue weighted by Gasteiger charge is 2.14. The van der Waals surface area contributed by atoms with E-state index in [-0.39, 0.29) is 0 Å². The highest BCUT2D eigenvalue weighted by atomic mass is 35.5. The Labute approximate surface area is 110 Å². The van der Waals surface area contributed by atoms with Gasteiger partial charge < -0.3 is 5.32 Å². The standard InChI is InChI=1S/C13H24ClN3/c1-5-7-10(15-3)8-9-12-13(14)11(6-2)16-17(12)4/h10,15H,5-9H2,1-4H3. The number of aromatic nitrogens is 2. The van der Waals surface area contributed by atoms with Gasteiger partial charge in [0.05, 0.1) is 16.4 Å². The van der Waals surface area contributed by atoms with Crippen LogP contribution in [0.2, 0.25) is 5.02 Å². The lowest BCUT2D eigenvalue weighted by molar-refractivity contribution is 0.477. The van der Waals surface area contributed by atoms with Crippen LogP contribution in [0.3, 0.4) is 0 Å². The van der Waals surface area contributed by atoms with E-state index < -0.39 is 0 Å². The van der Waals surface area contributed by atoms with Crippen molar-refractivity contribution in [1.82, 2.24) is 15.1 Å². The van der Waals surface area contributed by atoms with Crippen molar-refractivity contribution in [3.8, 4) is 0 Å². The van der Waals surface area contributed by atoms with E-state index in [1.165, 1.54) is 18.5 Å². The molecular formula is C13H24ClN3. The van der Waals surface area contributed by atoms with Crippen molar-refractivity contribution in [2.24, 2.45) is 7.05 Å². The van der Waals surface area contributed by atoms with Crippen molar-refractivity contribution in [1.29, 1.82) is 0 Å². The molecule has 1 rings (SSSR count). The number of hydrogen-bond donors (Lipinski definition) is 1. The second-order valence-corrected chi connectivity index (χ2v) is 4.88. The molecule has 0 fully saturated rings. The third kappa shape index (κ3) is 3.71. The van der Waals surface area contributed by atoms with E-state index in [4.69, 9.17) is 11.6 Å². The molecule has 1 aromatic heterocycles. The normalized spacial score (nSPS) is 13.0. The first-order valence-electron chi connectivity index (χ1n) is 6.51. The fourth-order valence-electron chi connectivity index (χ4n) is 2.18. The minimum absolute atomic E-state index is 0.580. The van der Waals surface area contributed by atoms with E-state index >= 15 is 0 Å². The van der Waals surface area contributed by atoms with E-state index in [1.807, 2.05) is 18.8 Å². The first-order valence-corrected chi connectivity index (χ1v) is 6.89. The maximum atomic E-state index is 6.33. The van der Waals surface area contributed by atoms with Gasteiger partial charge in [0, 0.05) is 13.1 Å². The topological polar surface area (TPSA) is 29.9 Å². The second kappa shape index (κ2) is 7.02. The zero-order valence-corrected chi connectivity index (χ0v) is 12.1. The third-order valence-corrected chi connectivity index (χ3v) is 3.71. The zero-order valence-electron chi connectivity index (χ0n) is 11.4. The summed E-state index contributed by atoms with van der Waals surface area (Å²) in [5.41, 5.74) is 2.18. The van der Waals surface area contributed by atoms with Crippen molar-refractivity contribution in [3.05, 3.63) is 16.4 Å². The van der Waals surface area contributed by atoms with Gasteiger partial charge in [-0.2, -0.15) is 5.10 Å². The molecule has 0 aliphatic rings. The van der Waals surface area contributed by atoms with E-state index in [9.17, 15) is 0 Å². The summed E-state index contributed by atoms with van der Waals surface area (Å²) in [4.78, 5) is 0. The molecule has 17 heavy (non-hydrogen) atoms. The summed E-state index contributed by atoms with van der Waals surface area (Å²) in [5.74, 6) is 0. The Morgan fingerprint density at radius 1 is 1.35 bits per heavy atom. The molecule has 0 saturated carbocycles. The molecule has 0 amide bonds. The molecule has 1 N–H and O–H groups in total. The molecule has 0 aromatic carbocycles. The van der Waals surface area contributed by atoms with Crippen LogP contribution in [0, 0.1) is 0 Å². The van der Waals surface area contributed by atoms with Crippen LogP contribution in [0.15, 0.2) is 0 Å². The van der Waals surface area contributed by atoms with Gasteiger partial charge in [-0.05, 0) is 32.7 Å². The lowest BCUT2D eigenvalue weighted by Crippen LogP contribution is -2.25. The van der Waals surface area contributed by atoms with Gasteiger partial charge in [0.25, 0.3) is 0 Å². The van der Waals surface area contributed by atoms with E-state index in [0.29, 0.717) is 6.04 Å². The van der Waals surface area contributed by atoms with E-state index in [2.05, 4.69) is 24.3 Å². The number of rotatable bonds is 7. The van der Waals surface area contributed by atoms with Gasteiger partial charge in [0.2, 0.25) is 0 Å². The molecule has 0 bridgehead atoms. The first kappa shape index (κ1) is 14.5. The van der Waals surface area contributed by atoms with Crippen molar-refractivity contribution in [2.75, 3.05) is 7.05 Å². The monoisotopic (exact) mass is 257 g/mol. The highest BCUT2D eigenvalue weighted by molar-refractivity contribution is 6.31. The Morgan fingerprint density at radius 3 is 2.53 bits per heavy atom. The molecule has 0 aliphatic carbocycles. The van der Waals surface area contributed by atoms with Crippen LogP contribution >= 0.6 is 11.6 Å². The molecule has 1 unspecified atom stereocenters. The summed E-state index contributed by atoms with van der Waals surface area (Å²) in [5, 5.41) is 8.67. The van der Waals surface area contributed by atoms with Crippen LogP contribution in [0.4, 0.5) is 0 Å². The molecule has 0 radical (unpaired) electrons. The summed E-state index contributed by atoms with van der Waals surface area (Å²) in [6.07, 6.45) is 5.44. The summed E-state index contributed by atoms with van der Waals surface area (Å²) in [6, 6.07) is 0.580. The van der Waals surface area contributed by atoms with Crippen molar-refractivity contribution >= 4 is 11.6 Å². The van der Waals surface area contributed by atoms with E-state index in [0.717, 1.165) is 30.0 Å². The summed E-state index contributed by atoms with van der Waals surface area (Å²) in [7, 11) is 4.01. The van der Waals surface area contributed by atoms with Crippen molar-refractivity contribution in [3.63, 3.8) is 0 Å². The Morgan fingerprint density at radius 2 is 2.06 bits per heavy atom. The summed E-state index contributed by atoms with van der Waals surface area (Å²) < 4.78 is 1.93. The number of aryl methyl sites for hydroxylation is 2. The maximum absolute atomic E-state index is 6.33. The SMILES string of the molecule is CCCC(CCc1c(Cl)c(CC)nn1C)NC. The van der Waals surface area contributed by atoms with Crippen LogP contribution in [0.5, 0.6) is 0 Å². The fourth-order valence-corrected chi connectivity index (χ4v) is 2.57. The van der Waals surface area contributed by atoms with Gasteiger partial charge in [-0.3, -0.25) is 4.68 Å². The van der Waals surface area contributed by atoms with Crippen LogP contribution < -0.4 is 5.32 Å². The third-order valence-electron chi connectivity index (χ3n) is 3.28. The average molecular weight is 258 g/mol. The predicted octanol–water partition coefficient (Wildman–Crippen LogP) is 2.96. The number of nitrogens with zero attached hydrogens (tertiary/aromatic N) is 2.